The van der Waals surface area contributed by atoms with E-state index in [0.29, 0.717) is 0 Å². The van der Waals surface area contributed by atoms with Crippen molar-refractivity contribution in [3.8, 4) is 5.75 Å². The zero-order valence-corrected chi connectivity index (χ0v) is 5.77. The van der Waals surface area contributed by atoms with Crippen LogP contribution in [0.4, 0.5) is 5.69 Å². The van der Waals surface area contributed by atoms with Crippen molar-refractivity contribution in [2.24, 2.45) is 0 Å². The van der Waals surface area contributed by atoms with Crippen molar-refractivity contribution in [1.82, 2.24) is 4.98 Å². The summed E-state index contributed by atoms with van der Waals surface area (Å²) in [6.45, 7) is 0. The number of nitrogens with zero attached hydrogens (tertiary/aromatic N) is 2. The van der Waals surface area contributed by atoms with E-state index < -0.39 is 4.92 Å². The third kappa shape index (κ3) is 1.64. The van der Waals surface area contributed by atoms with Crippen LogP contribution in [0, 0.1) is 16.3 Å². The first-order valence-corrected chi connectivity index (χ1v) is 2.80. The smallest absolute Gasteiger partial charge is 0.291 e. The van der Waals surface area contributed by atoms with Crippen LogP contribution in [0.1, 0.15) is 0 Å². The van der Waals surface area contributed by atoms with E-state index in [9.17, 15) is 10.1 Å². The molecule has 0 saturated heterocycles. The first-order chi connectivity index (χ1) is 5.24. The third-order valence-corrected chi connectivity index (χ3v) is 1.08. The molecule has 0 aromatic carbocycles. The van der Waals surface area contributed by atoms with Crippen molar-refractivity contribution < 1.29 is 9.66 Å². The van der Waals surface area contributed by atoms with Crippen molar-refractivity contribution in [3.05, 3.63) is 28.6 Å². The Kier molecular flexibility index (Phi) is 2.00. The van der Waals surface area contributed by atoms with Gasteiger partial charge in [0.15, 0.2) is 5.75 Å². The molecule has 0 aliphatic carbocycles. The van der Waals surface area contributed by atoms with Gasteiger partial charge in [-0.2, -0.15) is 0 Å². The van der Waals surface area contributed by atoms with Crippen LogP contribution in [0.15, 0.2) is 12.3 Å². The highest BCUT2D eigenvalue weighted by atomic mass is 16.6. The number of pyridine rings is 1. The maximum Gasteiger partial charge on any atom is 0.291 e. The summed E-state index contributed by atoms with van der Waals surface area (Å²) in [6.07, 6.45) is 3.55. The molecule has 0 amide bonds. The number of methoxy groups -OCH3 is 1. The van der Waals surface area contributed by atoms with E-state index in [1.54, 1.807) is 0 Å². The Morgan fingerprint density at radius 3 is 3.09 bits per heavy atom. The normalized spacial score (nSPS) is 9.18. The molecule has 1 rings (SSSR count). The Labute approximate surface area is 62.8 Å². The summed E-state index contributed by atoms with van der Waals surface area (Å²) in [7, 11) is 1.40. The molecule has 0 unspecified atom stereocenters. The van der Waals surface area contributed by atoms with Crippen molar-refractivity contribution in [2.75, 3.05) is 7.11 Å². The molecular formula is C6H5N2O3. The van der Waals surface area contributed by atoms with Crippen molar-refractivity contribution >= 4 is 5.69 Å². The van der Waals surface area contributed by atoms with Gasteiger partial charge in [-0.25, -0.2) is 4.98 Å². The summed E-state index contributed by atoms with van der Waals surface area (Å²) in [6, 6.07) is 1.26. The van der Waals surface area contributed by atoms with Crippen molar-refractivity contribution in [1.29, 1.82) is 0 Å². The molecule has 0 aliphatic heterocycles. The fraction of sp³-hybridized carbons (Fsp3) is 0.167. The Hall–Kier alpha value is -1.65. The predicted molar refractivity (Wildman–Crippen MR) is 36.3 cm³/mol. The number of nitro groups is 1. The van der Waals surface area contributed by atoms with Gasteiger partial charge in [-0.1, -0.05) is 0 Å². The van der Waals surface area contributed by atoms with E-state index in [2.05, 4.69) is 15.9 Å². The van der Waals surface area contributed by atoms with Gasteiger partial charge in [-0.3, -0.25) is 10.1 Å². The molecule has 0 aliphatic rings. The van der Waals surface area contributed by atoms with Crippen molar-refractivity contribution in [3.63, 3.8) is 0 Å². The standard InChI is InChI=1S/C6H5N2O3/c1-11-6-2-5(8(9)10)3-7-4-6/h2-3H,1H3. The van der Waals surface area contributed by atoms with E-state index >= 15 is 0 Å². The zero-order valence-electron chi connectivity index (χ0n) is 5.77. The van der Waals surface area contributed by atoms with E-state index in [4.69, 9.17) is 0 Å². The summed E-state index contributed by atoms with van der Waals surface area (Å²) in [5.41, 5.74) is -0.0967. The highest BCUT2D eigenvalue weighted by Gasteiger charge is 2.06. The molecule has 1 aromatic heterocycles. The lowest BCUT2D eigenvalue weighted by Gasteiger charge is -1.95. The van der Waals surface area contributed by atoms with Gasteiger partial charge < -0.3 is 4.74 Å². The lowest BCUT2D eigenvalue weighted by molar-refractivity contribution is -0.385. The minimum absolute atomic E-state index is 0.0967. The number of hydrogen-bond donors (Lipinski definition) is 0. The molecule has 1 aromatic rings. The largest absolute Gasteiger partial charge is 0.494 e. The first kappa shape index (κ1) is 7.46. The summed E-state index contributed by atoms with van der Waals surface area (Å²) in [5, 5.41) is 10.2. The second-order valence-corrected chi connectivity index (χ2v) is 1.76. The highest BCUT2D eigenvalue weighted by molar-refractivity contribution is 5.32. The average Bonchev–Trinajstić information content (AvgIpc) is 2.05. The molecule has 0 saturated carbocycles. The molecule has 1 heterocycles. The summed E-state index contributed by atoms with van der Waals surface area (Å²) in [5.74, 6) is 0.263. The fourth-order valence-corrected chi connectivity index (χ4v) is 0.570. The maximum absolute atomic E-state index is 10.2. The van der Waals surface area contributed by atoms with E-state index in [1.807, 2.05) is 0 Å². The number of rotatable bonds is 2. The van der Waals surface area contributed by atoms with Crippen LogP contribution in [0.2, 0.25) is 0 Å². The minimum Gasteiger partial charge on any atom is -0.494 e. The van der Waals surface area contributed by atoms with E-state index in [1.165, 1.54) is 13.2 Å². The summed E-state index contributed by atoms with van der Waals surface area (Å²) in [4.78, 5) is 13.1. The number of aromatic nitrogens is 1. The number of ether oxygens (including phenoxy) is 1. The molecule has 0 N–H and O–H groups in total. The van der Waals surface area contributed by atoms with Crippen LogP contribution in [-0.2, 0) is 0 Å². The Balaban J connectivity index is 3.01. The molecule has 1 radical (unpaired) electrons. The van der Waals surface area contributed by atoms with Crippen LogP contribution in [0.25, 0.3) is 0 Å². The van der Waals surface area contributed by atoms with Gasteiger partial charge in [-0.05, 0) is 0 Å². The predicted octanol–water partition coefficient (Wildman–Crippen LogP) is 0.799. The lowest BCUT2D eigenvalue weighted by atomic mass is 10.4. The van der Waals surface area contributed by atoms with Crippen LogP contribution in [0.5, 0.6) is 5.75 Å². The van der Waals surface area contributed by atoms with Gasteiger partial charge in [0.05, 0.1) is 18.1 Å². The Morgan fingerprint density at radius 1 is 1.82 bits per heavy atom. The van der Waals surface area contributed by atoms with Crippen LogP contribution in [0.3, 0.4) is 0 Å². The third-order valence-electron chi connectivity index (χ3n) is 1.08. The van der Waals surface area contributed by atoms with E-state index in [0.717, 1.165) is 6.20 Å². The van der Waals surface area contributed by atoms with Gasteiger partial charge in [0.1, 0.15) is 12.4 Å². The molecular weight excluding hydrogens is 148 g/mol. The molecule has 0 spiro atoms. The highest BCUT2D eigenvalue weighted by Crippen LogP contribution is 2.15. The van der Waals surface area contributed by atoms with Crippen LogP contribution < -0.4 is 4.74 Å². The molecule has 0 atom stereocenters. The molecule has 0 fully saturated rings. The summed E-state index contributed by atoms with van der Waals surface area (Å²) < 4.78 is 4.68. The maximum atomic E-state index is 10.2. The second kappa shape index (κ2) is 2.96. The Bertz CT molecular complexity index is 274. The number of hydrogen-bond acceptors (Lipinski definition) is 4. The lowest BCUT2D eigenvalue weighted by Crippen LogP contribution is -1.90. The van der Waals surface area contributed by atoms with E-state index in [-0.39, 0.29) is 11.4 Å². The van der Waals surface area contributed by atoms with Crippen LogP contribution >= 0.6 is 0 Å². The summed E-state index contributed by atoms with van der Waals surface area (Å²) >= 11 is 0. The average molecular weight is 153 g/mol. The zero-order chi connectivity index (χ0) is 8.27. The quantitative estimate of drug-likeness (QED) is 0.465. The van der Waals surface area contributed by atoms with Gasteiger partial charge >= 0.3 is 0 Å². The Morgan fingerprint density at radius 2 is 2.55 bits per heavy atom. The van der Waals surface area contributed by atoms with Gasteiger partial charge in [0, 0.05) is 0 Å². The van der Waals surface area contributed by atoms with Gasteiger partial charge in [0.2, 0.25) is 0 Å². The molecule has 5 nitrogen and oxygen atoms in total. The molecule has 5 heteroatoms. The molecule has 11 heavy (non-hydrogen) atoms. The SMILES string of the molecule is COc1[c]ncc([N+](=O)[O-])c1. The fourth-order valence-electron chi connectivity index (χ4n) is 0.570. The van der Waals surface area contributed by atoms with Gasteiger partial charge in [-0.15, -0.1) is 0 Å². The van der Waals surface area contributed by atoms with Crippen LogP contribution in [-0.4, -0.2) is 17.0 Å². The molecule has 0 bridgehead atoms. The first-order valence-electron chi connectivity index (χ1n) is 2.80. The monoisotopic (exact) mass is 153 g/mol. The second-order valence-electron chi connectivity index (χ2n) is 1.76. The topological polar surface area (TPSA) is 65.3 Å². The van der Waals surface area contributed by atoms with Crippen molar-refractivity contribution in [2.45, 2.75) is 0 Å². The minimum atomic E-state index is -0.538. The van der Waals surface area contributed by atoms with Gasteiger partial charge in [0.25, 0.3) is 5.69 Å². The molecule has 57 valence electrons.